The maximum absolute atomic E-state index is 5.32. The van der Waals surface area contributed by atoms with Gasteiger partial charge in [-0.1, -0.05) is 19.0 Å². The normalized spacial score (nSPS) is 16.5. The van der Waals surface area contributed by atoms with Gasteiger partial charge < -0.3 is 14.4 Å². The minimum Gasteiger partial charge on any atom is -0.345 e. The highest BCUT2D eigenvalue weighted by Crippen LogP contribution is 2.38. The number of rotatable bonds is 7. The number of aromatic nitrogens is 3. The largest absolute Gasteiger partial charge is 0.345 e. The van der Waals surface area contributed by atoms with E-state index in [0.29, 0.717) is 24.4 Å². The van der Waals surface area contributed by atoms with E-state index in [1.165, 1.54) is 18.4 Å². The quantitative estimate of drug-likeness (QED) is 0.843. The van der Waals surface area contributed by atoms with Crippen molar-refractivity contribution in [2.24, 2.45) is 0 Å². The third-order valence-corrected chi connectivity index (χ3v) is 3.78. The molecule has 1 aliphatic rings. The Morgan fingerprint density at radius 2 is 2.30 bits per heavy atom. The lowest BCUT2D eigenvalue weighted by atomic mass is 10.1. The molecular weight excluding hydrogens is 252 g/mol. The van der Waals surface area contributed by atoms with Gasteiger partial charge in [-0.25, -0.2) is 0 Å². The molecule has 1 fully saturated rings. The van der Waals surface area contributed by atoms with E-state index in [2.05, 4.69) is 52.3 Å². The molecule has 1 saturated carbocycles. The van der Waals surface area contributed by atoms with Crippen LogP contribution in [0.1, 0.15) is 62.3 Å². The van der Waals surface area contributed by atoms with Crippen LogP contribution >= 0.6 is 0 Å². The predicted molar refractivity (Wildman–Crippen MR) is 76.5 cm³/mol. The summed E-state index contributed by atoms with van der Waals surface area (Å²) in [7, 11) is 0. The standard InChI is InChI=1S/C15H22N4O/c1-3-13(16-4-2)12-7-8-19(9-12)10-14-17-15(18-20-14)11-5-6-11/h7-9,11,13,16H,3-6,10H2,1-2H3. The average molecular weight is 274 g/mol. The molecule has 2 heterocycles. The highest BCUT2D eigenvalue weighted by atomic mass is 16.5. The third kappa shape index (κ3) is 2.93. The van der Waals surface area contributed by atoms with Crippen molar-refractivity contribution >= 4 is 0 Å². The number of hydrogen-bond acceptors (Lipinski definition) is 4. The Morgan fingerprint density at radius 3 is 3.00 bits per heavy atom. The van der Waals surface area contributed by atoms with E-state index >= 15 is 0 Å². The number of nitrogens with zero attached hydrogens (tertiary/aromatic N) is 3. The maximum atomic E-state index is 5.32. The second-order valence-corrected chi connectivity index (χ2v) is 5.46. The first-order valence-electron chi connectivity index (χ1n) is 7.51. The smallest absolute Gasteiger partial charge is 0.246 e. The molecule has 108 valence electrons. The third-order valence-electron chi connectivity index (χ3n) is 3.78. The summed E-state index contributed by atoms with van der Waals surface area (Å²) in [5.74, 6) is 2.13. The van der Waals surface area contributed by atoms with Gasteiger partial charge in [-0.2, -0.15) is 4.98 Å². The monoisotopic (exact) mass is 274 g/mol. The van der Waals surface area contributed by atoms with Gasteiger partial charge in [-0.3, -0.25) is 0 Å². The molecule has 0 aromatic carbocycles. The molecule has 1 atom stereocenters. The molecule has 0 bridgehead atoms. The van der Waals surface area contributed by atoms with Crippen molar-refractivity contribution in [3.05, 3.63) is 35.7 Å². The van der Waals surface area contributed by atoms with E-state index < -0.39 is 0 Å². The molecule has 1 aliphatic carbocycles. The molecule has 0 radical (unpaired) electrons. The zero-order chi connectivity index (χ0) is 13.9. The Bertz CT molecular complexity index is 556. The fraction of sp³-hybridized carbons (Fsp3) is 0.600. The van der Waals surface area contributed by atoms with Crippen LogP contribution in [-0.4, -0.2) is 21.3 Å². The fourth-order valence-electron chi connectivity index (χ4n) is 2.50. The van der Waals surface area contributed by atoms with Crippen molar-refractivity contribution in [3.63, 3.8) is 0 Å². The summed E-state index contributed by atoms with van der Waals surface area (Å²) in [6, 6.07) is 2.58. The molecule has 0 spiro atoms. The maximum Gasteiger partial charge on any atom is 0.246 e. The zero-order valence-corrected chi connectivity index (χ0v) is 12.2. The van der Waals surface area contributed by atoms with Crippen molar-refractivity contribution < 1.29 is 4.52 Å². The summed E-state index contributed by atoms with van der Waals surface area (Å²) in [6.45, 7) is 5.97. The summed E-state index contributed by atoms with van der Waals surface area (Å²) < 4.78 is 7.43. The van der Waals surface area contributed by atoms with E-state index in [-0.39, 0.29) is 0 Å². The van der Waals surface area contributed by atoms with E-state index in [9.17, 15) is 0 Å². The van der Waals surface area contributed by atoms with Gasteiger partial charge in [0.25, 0.3) is 0 Å². The first kappa shape index (κ1) is 13.4. The van der Waals surface area contributed by atoms with Crippen molar-refractivity contribution in [2.45, 2.75) is 51.6 Å². The van der Waals surface area contributed by atoms with Crippen molar-refractivity contribution in [2.75, 3.05) is 6.54 Å². The summed E-state index contributed by atoms with van der Waals surface area (Å²) in [4.78, 5) is 4.46. The first-order valence-corrected chi connectivity index (χ1v) is 7.51. The minimum absolute atomic E-state index is 0.422. The van der Waals surface area contributed by atoms with Crippen LogP contribution in [0, 0.1) is 0 Å². The Labute approximate surface area is 119 Å². The topological polar surface area (TPSA) is 55.9 Å². The Balaban J connectivity index is 1.66. The van der Waals surface area contributed by atoms with Crippen LogP contribution < -0.4 is 5.32 Å². The van der Waals surface area contributed by atoms with Crippen molar-refractivity contribution in [1.29, 1.82) is 0 Å². The Morgan fingerprint density at radius 1 is 1.45 bits per heavy atom. The molecule has 0 saturated heterocycles. The molecule has 5 nitrogen and oxygen atoms in total. The molecule has 2 aromatic heterocycles. The summed E-state index contributed by atoms with van der Waals surface area (Å²) in [6.07, 6.45) is 7.74. The minimum atomic E-state index is 0.422. The highest BCUT2D eigenvalue weighted by Gasteiger charge is 2.28. The number of hydrogen-bond donors (Lipinski definition) is 1. The predicted octanol–water partition coefficient (Wildman–Crippen LogP) is 2.86. The van der Waals surface area contributed by atoms with Gasteiger partial charge in [0.15, 0.2) is 5.82 Å². The van der Waals surface area contributed by atoms with Gasteiger partial charge in [0.05, 0.1) is 0 Å². The molecule has 2 aromatic rings. The van der Waals surface area contributed by atoms with Gasteiger partial charge >= 0.3 is 0 Å². The molecule has 20 heavy (non-hydrogen) atoms. The van der Waals surface area contributed by atoms with E-state index in [1.807, 2.05) is 0 Å². The fourth-order valence-corrected chi connectivity index (χ4v) is 2.50. The van der Waals surface area contributed by atoms with Crippen LogP contribution in [0.2, 0.25) is 0 Å². The van der Waals surface area contributed by atoms with E-state index in [4.69, 9.17) is 4.52 Å². The second-order valence-electron chi connectivity index (χ2n) is 5.46. The van der Waals surface area contributed by atoms with Gasteiger partial charge in [0.2, 0.25) is 5.89 Å². The van der Waals surface area contributed by atoms with Gasteiger partial charge in [-0.05, 0) is 37.4 Å². The molecular formula is C15H22N4O. The van der Waals surface area contributed by atoms with Gasteiger partial charge in [0.1, 0.15) is 6.54 Å². The SMILES string of the molecule is CCNC(CC)c1ccn(Cc2nc(C3CC3)no2)c1. The summed E-state index contributed by atoms with van der Waals surface area (Å²) >= 11 is 0. The van der Waals surface area contributed by atoms with Gasteiger partial charge in [0, 0.05) is 24.4 Å². The number of nitrogens with one attached hydrogen (secondary N) is 1. The summed E-state index contributed by atoms with van der Waals surface area (Å²) in [5, 5.41) is 7.54. The summed E-state index contributed by atoms with van der Waals surface area (Å²) in [5.41, 5.74) is 1.32. The highest BCUT2D eigenvalue weighted by molar-refractivity contribution is 5.16. The van der Waals surface area contributed by atoms with Crippen LogP contribution in [0.4, 0.5) is 0 Å². The van der Waals surface area contributed by atoms with Crippen LogP contribution in [-0.2, 0) is 6.54 Å². The molecule has 1 unspecified atom stereocenters. The van der Waals surface area contributed by atoms with E-state index in [0.717, 1.165) is 18.8 Å². The zero-order valence-electron chi connectivity index (χ0n) is 12.2. The lowest BCUT2D eigenvalue weighted by molar-refractivity contribution is 0.366. The average Bonchev–Trinajstić information content (AvgIpc) is 3.03. The van der Waals surface area contributed by atoms with Gasteiger partial charge in [-0.15, -0.1) is 0 Å². The van der Waals surface area contributed by atoms with Crippen LogP contribution in [0.5, 0.6) is 0 Å². The van der Waals surface area contributed by atoms with Crippen LogP contribution in [0.3, 0.4) is 0 Å². The molecule has 1 N–H and O–H groups in total. The lowest BCUT2D eigenvalue weighted by Crippen LogP contribution is -2.19. The van der Waals surface area contributed by atoms with Crippen LogP contribution in [0.15, 0.2) is 23.0 Å². The Kier molecular flexibility index (Phi) is 3.87. The van der Waals surface area contributed by atoms with Crippen molar-refractivity contribution in [1.82, 2.24) is 20.0 Å². The molecule has 0 amide bonds. The molecule has 3 rings (SSSR count). The molecule has 5 heteroatoms. The van der Waals surface area contributed by atoms with Crippen LogP contribution in [0.25, 0.3) is 0 Å². The molecule has 0 aliphatic heterocycles. The lowest BCUT2D eigenvalue weighted by Gasteiger charge is -2.13. The second kappa shape index (κ2) is 5.79. The first-order chi connectivity index (χ1) is 9.80. The Hall–Kier alpha value is -1.62. The van der Waals surface area contributed by atoms with Crippen molar-refractivity contribution in [3.8, 4) is 0 Å². The van der Waals surface area contributed by atoms with E-state index in [1.54, 1.807) is 0 Å².